The van der Waals surface area contributed by atoms with Gasteiger partial charge in [-0.2, -0.15) is 5.10 Å². The maximum absolute atomic E-state index is 9.24. The molecular weight excluding hydrogens is 226 g/mol. The minimum atomic E-state index is 0.0542. The molecule has 2 N–H and O–H groups in total. The minimum absolute atomic E-state index is 0.0542. The molecule has 0 saturated heterocycles. The van der Waals surface area contributed by atoms with Gasteiger partial charge in [0.15, 0.2) is 0 Å². The third-order valence-corrected chi connectivity index (χ3v) is 2.86. The van der Waals surface area contributed by atoms with Crippen molar-refractivity contribution < 1.29 is 5.11 Å². The van der Waals surface area contributed by atoms with Crippen molar-refractivity contribution in [3.63, 3.8) is 0 Å². The Bertz CT molecular complexity index is 467. The van der Waals surface area contributed by atoms with Gasteiger partial charge in [0, 0.05) is 17.8 Å². The van der Waals surface area contributed by atoms with Gasteiger partial charge in [0.05, 0.1) is 19.3 Å². The third-order valence-electron chi connectivity index (χ3n) is 2.86. The van der Waals surface area contributed by atoms with Gasteiger partial charge >= 0.3 is 0 Å². The van der Waals surface area contributed by atoms with Gasteiger partial charge < -0.3 is 10.4 Å². The molecule has 2 aromatic rings. The Kier molecular flexibility index (Phi) is 4.50. The van der Waals surface area contributed by atoms with Crippen LogP contribution >= 0.6 is 0 Å². The average Bonchev–Trinajstić information content (AvgIpc) is 2.88. The fourth-order valence-electron chi connectivity index (χ4n) is 1.94. The molecule has 18 heavy (non-hydrogen) atoms. The molecule has 4 nitrogen and oxygen atoms in total. The maximum Gasteiger partial charge on any atom is 0.0602 e. The minimum Gasteiger partial charge on any atom is -0.395 e. The molecule has 0 saturated carbocycles. The van der Waals surface area contributed by atoms with E-state index in [9.17, 15) is 5.11 Å². The fraction of sp³-hybridized carbons (Fsp3) is 0.357. The Hall–Kier alpha value is -1.65. The van der Waals surface area contributed by atoms with Gasteiger partial charge in [-0.05, 0) is 12.1 Å². The van der Waals surface area contributed by atoms with Crippen LogP contribution in [0.4, 0.5) is 0 Å². The van der Waals surface area contributed by atoms with Gasteiger partial charge in [0.1, 0.15) is 0 Å². The lowest BCUT2D eigenvalue weighted by Crippen LogP contribution is -2.36. The second-order valence-electron chi connectivity index (χ2n) is 4.25. The molecule has 0 aliphatic heterocycles. The summed E-state index contributed by atoms with van der Waals surface area (Å²) in [6.07, 6.45) is 3.87. The summed E-state index contributed by atoms with van der Waals surface area (Å²) in [4.78, 5) is 0. The van der Waals surface area contributed by atoms with Crippen molar-refractivity contribution in [3.05, 3.63) is 42.7 Å². The number of aromatic nitrogens is 2. The Morgan fingerprint density at radius 1 is 1.28 bits per heavy atom. The van der Waals surface area contributed by atoms with E-state index in [4.69, 9.17) is 0 Å². The van der Waals surface area contributed by atoms with Crippen LogP contribution in [0, 0.1) is 0 Å². The van der Waals surface area contributed by atoms with Crippen LogP contribution in [0.3, 0.4) is 0 Å². The number of hydrogen-bond donors (Lipinski definition) is 2. The van der Waals surface area contributed by atoms with Gasteiger partial charge in [-0.1, -0.05) is 37.3 Å². The summed E-state index contributed by atoms with van der Waals surface area (Å²) >= 11 is 0. The molecule has 1 atom stereocenters. The highest BCUT2D eigenvalue weighted by molar-refractivity contribution is 5.61. The summed E-state index contributed by atoms with van der Waals surface area (Å²) in [5.41, 5.74) is 2.26. The van der Waals surface area contributed by atoms with E-state index >= 15 is 0 Å². The average molecular weight is 245 g/mol. The molecular formula is C14H19N3O. The highest BCUT2D eigenvalue weighted by atomic mass is 16.3. The fourth-order valence-corrected chi connectivity index (χ4v) is 1.94. The quantitative estimate of drug-likeness (QED) is 0.811. The largest absolute Gasteiger partial charge is 0.395 e. The molecule has 0 bridgehead atoms. The second-order valence-corrected chi connectivity index (χ2v) is 4.25. The van der Waals surface area contributed by atoms with Crippen LogP contribution in [0.1, 0.15) is 6.92 Å². The van der Waals surface area contributed by atoms with E-state index in [1.807, 2.05) is 42.2 Å². The van der Waals surface area contributed by atoms with Crippen molar-refractivity contribution in [2.24, 2.45) is 0 Å². The summed E-state index contributed by atoms with van der Waals surface area (Å²) < 4.78 is 1.87. The molecule has 0 spiro atoms. The van der Waals surface area contributed by atoms with Crippen LogP contribution in [0.15, 0.2) is 42.7 Å². The standard InChI is InChI=1S/C14H19N3O/c1-2-15-14(11-18)10-17-9-13(8-16-17)12-6-4-3-5-7-12/h3-9,14-15,18H,2,10-11H2,1H3. The van der Waals surface area contributed by atoms with Gasteiger partial charge in [0.2, 0.25) is 0 Å². The highest BCUT2D eigenvalue weighted by Gasteiger charge is 2.08. The Morgan fingerprint density at radius 2 is 2.06 bits per heavy atom. The zero-order valence-electron chi connectivity index (χ0n) is 10.6. The van der Waals surface area contributed by atoms with Crippen LogP contribution < -0.4 is 5.32 Å². The summed E-state index contributed by atoms with van der Waals surface area (Å²) in [5, 5.41) is 16.8. The molecule has 1 aromatic carbocycles. The molecule has 0 radical (unpaired) electrons. The van der Waals surface area contributed by atoms with Crippen molar-refractivity contribution in [1.29, 1.82) is 0 Å². The second kappa shape index (κ2) is 6.33. The first-order chi connectivity index (χ1) is 8.83. The first kappa shape index (κ1) is 12.8. The normalized spacial score (nSPS) is 12.6. The van der Waals surface area contributed by atoms with Gasteiger partial charge in [-0.3, -0.25) is 4.68 Å². The van der Waals surface area contributed by atoms with E-state index in [0.29, 0.717) is 6.54 Å². The number of nitrogens with zero attached hydrogens (tertiary/aromatic N) is 2. The van der Waals surface area contributed by atoms with Crippen LogP contribution in [0.2, 0.25) is 0 Å². The van der Waals surface area contributed by atoms with Crippen LogP contribution in [0.25, 0.3) is 11.1 Å². The van der Waals surface area contributed by atoms with Crippen LogP contribution in [0.5, 0.6) is 0 Å². The Balaban J connectivity index is 2.06. The first-order valence-electron chi connectivity index (χ1n) is 6.25. The summed E-state index contributed by atoms with van der Waals surface area (Å²) in [5.74, 6) is 0. The monoisotopic (exact) mass is 245 g/mol. The number of likely N-dealkylation sites (N-methyl/N-ethyl adjacent to an activating group) is 1. The molecule has 0 fully saturated rings. The third kappa shape index (κ3) is 3.18. The molecule has 1 heterocycles. The van der Waals surface area contributed by atoms with Crippen LogP contribution in [-0.2, 0) is 6.54 Å². The smallest absolute Gasteiger partial charge is 0.0602 e. The lowest BCUT2D eigenvalue weighted by atomic mass is 10.1. The first-order valence-corrected chi connectivity index (χ1v) is 6.25. The molecule has 96 valence electrons. The summed E-state index contributed by atoms with van der Waals surface area (Å²) in [6, 6.07) is 10.2. The van der Waals surface area contributed by atoms with E-state index in [1.165, 1.54) is 0 Å². The SMILES string of the molecule is CCNC(CO)Cn1cc(-c2ccccc2)cn1. The van der Waals surface area contributed by atoms with E-state index in [1.54, 1.807) is 0 Å². The Labute approximate surface area is 107 Å². The molecule has 4 heteroatoms. The molecule has 0 aliphatic carbocycles. The number of benzene rings is 1. The lowest BCUT2D eigenvalue weighted by Gasteiger charge is -2.14. The number of aliphatic hydroxyl groups excluding tert-OH is 1. The van der Waals surface area contributed by atoms with Crippen molar-refractivity contribution >= 4 is 0 Å². The number of nitrogens with one attached hydrogen (secondary N) is 1. The number of aliphatic hydroxyl groups is 1. The predicted molar refractivity (Wildman–Crippen MR) is 72.2 cm³/mol. The lowest BCUT2D eigenvalue weighted by molar-refractivity contribution is 0.227. The highest BCUT2D eigenvalue weighted by Crippen LogP contribution is 2.17. The maximum atomic E-state index is 9.24. The zero-order chi connectivity index (χ0) is 12.8. The van der Waals surface area contributed by atoms with E-state index < -0.39 is 0 Å². The summed E-state index contributed by atoms with van der Waals surface area (Å²) in [6.45, 7) is 3.67. The molecule has 0 aliphatic rings. The van der Waals surface area contributed by atoms with Crippen molar-refractivity contribution in [2.45, 2.75) is 19.5 Å². The van der Waals surface area contributed by atoms with E-state index in [2.05, 4.69) is 22.5 Å². The molecule has 1 unspecified atom stereocenters. The summed E-state index contributed by atoms with van der Waals surface area (Å²) in [7, 11) is 0. The van der Waals surface area contributed by atoms with E-state index in [0.717, 1.165) is 17.7 Å². The molecule has 2 rings (SSSR count). The van der Waals surface area contributed by atoms with Crippen LogP contribution in [-0.4, -0.2) is 34.1 Å². The topological polar surface area (TPSA) is 50.1 Å². The van der Waals surface area contributed by atoms with Gasteiger partial charge in [-0.25, -0.2) is 0 Å². The number of rotatable bonds is 6. The van der Waals surface area contributed by atoms with E-state index in [-0.39, 0.29) is 12.6 Å². The Morgan fingerprint density at radius 3 is 2.72 bits per heavy atom. The molecule has 1 aromatic heterocycles. The zero-order valence-corrected chi connectivity index (χ0v) is 10.6. The predicted octanol–water partition coefficient (Wildman–Crippen LogP) is 1.52. The van der Waals surface area contributed by atoms with Gasteiger partial charge in [-0.15, -0.1) is 0 Å². The van der Waals surface area contributed by atoms with Gasteiger partial charge in [0.25, 0.3) is 0 Å². The van der Waals surface area contributed by atoms with Crippen molar-refractivity contribution in [2.75, 3.05) is 13.2 Å². The number of hydrogen-bond acceptors (Lipinski definition) is 3. The molecule has 0 amide bonds. The van der Waals surface area contributed by atoms with Crippen molar-refractivity contribution in [1.82, 2.24) is 15.1 Å². The van der Waals surface area contributed by atoms with Crippen molar-refractivity contribution in [3.8, 4) is 11.1 Å².